The minimum Gasteiger partial charge on any atom is -0.364 e. The van der Waals surface area contributed by atoms with Gasteiger partial charge in [-0.15, -0.1) is 0 Å². The maximum atomic E-state index is 10.3. The summed E-state index contributed by atoms with van der Waals surface area (Å²) in [4.78, 5) is 20.3. The quantitative estimate of drug-likeness (QED) is 0.303. The van der Waals surface area contributed by atoms with E-state index in [9.17, 15) is 9.59 Å². The number of carbonyl (C=O) groups excluding carboxylic acids is 2. The number of carbonyl (C=O) groups is 2. The molecule has 0 heterocycles. The molecule has 0 aromatic heterocycles. The van der Waals surface area contributed by atoms with Crippen LogP contribution in [0.4, 0.5) is 0 Å². The molecule has 0 saturated heterocycles. The minimum atomic E-state index is -1.04. The van der Waals surface area contributed by atoms with Crippen molar-refractivity contribution in [3.63, 3.8) is 0 Å². The van der Waals surface area contributed by atoms with Crippen LogP contribution in [-0.4, -0.2) is 23.9 Å². The number of rotatable bonds is 3. The summed E-state index contributed by atoms with van der Waals surface area (Å²) in [6.07, 6.45) is 0. The SMILES string of the molecule is N=C(C(N)=O)C(=O)CN. The van der Waals surface area contributed by atoms with Gasteiger partial charge in [-0.25, -0.2) is 0 Å². The lowest BCUT2D eigenvalue weighted by Gasteiger charge is -1.91. The fourth-order valence-corrected chi connectivity index (χ4v) is 0.239. The maximum Gasteiger partial charge on any atom is 0.270 e. The maximum absolute atomic E-state index is 10.3. The highest BCUT2D eigenvalue weighted by Gasteiger charge is 2.11. The van der Waals surface area contributed by atoms with Crippen molar-refractivity contribution in [2.45, 2.75) is 0 Å². The van der Waals surface area contributed by atoms with E-state index in [-0.39, 0.29) is 6.54 Å². The lowest BCUT2D eigenvalue weighted by molar-refractivity contribution is -0.115. The zero-order valence-electron chi connectivity index (χ0n) is 4.68. The summed E-state index contributed by atoms with van der Waals surface area (Å²) < 4.78 is 0. The number of nitrogens with one attached hydrogen (secondary N) is 1. The van der Waals surface area contributed by atoms with Crippen LogP contribution in [0.2, 0.25) is 0 Å². The van der Waals surface area contributed by atoms with Crippen molar-refractivity contribution in [2.24, 2.45) is 11.5 Å². The van der Waals surface area contributed by atoms with E-state index in [1.807, 2.05) is 0 Å². The molecule has 9 heavy (non-hydrogen) atoms. The highest BCUT2D eigenvalue weighted by molar-refractivity contribution is 6.64. The summed E-state index contributed by atoms with van der Waals surface area (Å²) >= 11 is 0. The van der Waals surface area contributed by atoms with E-state index in [1.54, 1.807) is 0 Å². The van der Waals surface area contributed by atoms with Crippen molar-refractivity contribution in [1.82, 2.24) is 0 Å². The van der Waals surface area contributed by atoms with E-state index >= 15 is 0 Å². The Morgan fingerprint density at radius 2 is 1.89 bits per heavy atom. The summed E-state index contributed by atoms with van der Waals surface area (Å²) in [5.41, 5.74) is 8.65. The van der Waals surface area contributed by atoms with E-state index in [4.69, 9.17) is 11.1 Å². The van der Waals surface area contributed by atoms with Crippen molar-refractivity contribution >= 4 is 17.4 Å². The topological polar surface area (TPSA) is 110 Å². The molecule has 0 atom stereocenters. The molecule has 0 rings (SSSR count). The Bertz CT molecular complexity index is 163. The van der Waals surface area contributed by atoms with Gasteiger partial charge in [0.1, 0.15) is 0 Å². The Hall–Kier alpha value is -1.23. The molecule has 5 N–H and O–H groups in total. The number of hydrogen-bond donors (Lipinski definition) is 3. The van der Waals surface area contributed by atoms with Crippen LogP contribution in [0.3, 0.4) is 0 Å². The van der Waals surface area contributed by atoms with E-state index < -0.39 is 17.4 Å². The molecule has 0 fully saturated rings. The van der Waals surface area contributed by atoms with Gasteiger partial charge in [-0.2, -0.15) is 0 Å². The van der Waals surface area contributed by atoms with E-state index in [0.717, 1.165) is 0 Å². The summed E-state index contributed by atoms with van der Waals surface area (Å²) in [7, 11) is 0. The summed E-state index contributed by atoms with van der Waals surface area (Å²) in [5, 5.41) is 6.65. The van der Waals surface area contributed by atoms with Crippen molar-refractivity contribution < 1.29 is 9.59 Å². The lowest BCUT2D eigenvalue weighted by atomic mass is 10.2. The fraction of sp³-hybridized carbons (Fsp3) is 0.250. The number of Topliss-reactive ketones (excluding diaryl/α,β-unsaturated/α-hetero) is 1. The zero-order valence-corrected chi connectivity index (χ0v) is 4.68. The minimum absolute atomic E-state index is 0.345. The monoisotopic (exact) mass is 129 g/mol. The van der Waals surface area contributed by atoms with Crippen molar-refractivity contribution in [3.8, 4) is 0 Å². The fourth-order valence-electron chi connectivity index (χ4n) is 0.239. The molecule has 0 bridgehead atoms. The lowest BCUT2D eigenvalue weighted by Crippen LogP contribution is -2.33. The number of ketones is 1. The molecule has 0 saturated carbocycles. The molecule has 0 spiro atoms. The number of primary amides is 1. The highest BCUT2D eigenvalue weighted by atomic mass is 16.2. The van der Waals surface area contributed by atoms with E-state index in [0.29, 0.717) is 0 Å². The zero-order chi connectivity index (χ0) is 7.44. The van der Waals surface area contributed by atoms with Crippen molar-refractivity contribution in [2.75, 3.05) is 6.54 Å². The molecular formula is C4H7N3O2. The first-order chi connectivity index (χ1) is 4.09. The standard InChI is InChI=1S/C4H7N3O2/c5-1-2(8)3(6)4(7)9/h6H,1,5H2,(H2,7,9). The Kier molecular flexibility index (Phi) is 2.53. The second-order valence-electron chi connectivity index (χ2n) is 1.37. The Balaban J connectivity index is 4.05. The van der Waals surface area contributed by atoms with Crippen LogP contribution < -0.4 is 11.5 Å². The van der Waals surface area contributed by atoms with Crippen LogP contribution >= 0.6 is 0 Å². The molecule has 0 aliphatic carbocycles. The van der Waals surface area contributed by atoms with Gasteiger partial charge in [0.25, 0.3) is 5.91 Å². The van der Waals surface area contributed by atoms with Crippen LogP contribution in [0.1, 0.15) is 0 Å². The molecular weight excluding hydrogens is 122 g/mol. The second-order valence-corrected chi connectivity index (χ2v) is 1.37. The second kappa shape index (κ2) is 2.93. The Morgan fingerprint density at radius 3 is 2.00 bits per heavy atom. The molecule has 0 aromatic carbocycles. The molecule has 0 aliphatic rings. The van der Waals surface area contributed by atoms with Gasteiger partial charge in [0, 0.05) is 0 Å². The van der Waals surface area contributed by atoms with Crippen molar-refractivity contribution in [3.05, 3.63) is 0 Å². The van der Waals surface area contributed by atoms with Gasteiger partial charge in [0.15, 0.2) is 11.5 Å². The van der Waals surface area contributed by atoms with E-state index in [1.165, 1.54) is 0 Å². The highest BCUT2D eigenvalue weighted by Crippen LogP contribution is 1.71. The Labute approximate surface area is 51.5 Å². The van der Waals surface area contributed by atoms with Gasteiger partial charge in [-0.1, -0.05) is 0 Å². The number of nitrogens with two attached hydrogens (primary N) is 2. The molecule has 0 unspecified atom stereocenters. The molecule has 50 valence electrons. The van der Waals surface area contributed by atoms with Gasteiger partial charge < -0.3 is 11.5 Å². The summed E-state index contributed by atoms with van der Waals surface area (Å²) in [6.45, 7) is -0.345. The first-order valence-corrected chi connectivity index (χ1v) is 2.21. The molecule has 0 radical (unpaired) electrons. The third-order valence-corrected chi connectivity index (χ3v) is 0.711. The van der Waals surface area contributed by atoms with Crippen LogP contribution in [0, 0.1) is 5.41 Å². The first-order valence-electron chi connectivity index (χ1n) is 2.21. The molecule has 5 heteroatoms. The smallest absolute Gasteiger partial charge is 0.270 e. The van der Waals surface area contributed by atoms with Crippen LogP contribution in [0.15, 0.2) is 0 Å². The average Bonchev–Trinajstić information content (AvgIpc) is 1.84. The normalized spacial score (nSPS) is 8.56. The first kappa shape index (κ1) is 7.77. The largest absolute Gasteiger partial charge is 0.364 e. The van der Waals surface area contributed by atoms with Gasteiger partial charge in [-0.3, -0.25) is 15.0 Å². The third kappa shape index (κ3) is 2.00. The molecule has 5 nitrogen and oxygen atoms in total. The summed E-state index contributed by atoms with van der Waals surface area (Å²) in [5.74, 6) is -1.77. The summed E-state index contributed by atoms with van der Waals surface area (Å²) in [6, 6.07) is 0. The predicted octanol–water partition coefficient (Wildman–Crippen LogP) is -1.98. The molecule has 0 aromatic rings. The van der Waals surface area contributed by atoms with Gasteiger partial charge >= 0.3 is 0 Å². The Morgan fingerprint density at radius 1 is 1.44 bits per heavy atom. The van der Waals surface area contributed by atoms with Gasteiger partial charge in [0.05, 0.1) is 6.54 Å². The molecule has 0 aliphatic heterocycles. The van der Waals surface area contributed by atoms with Crippen molar-refractivity contribution in [1.29, 1.82) is 5.41 Å². The molecule has 1 amide bonds. The van der Waals surface area contributed by atoms with Gasteiger partial charge in [0.2, 0.25) is 0 Å². The third-order valence-electron chi connectivity index (χ3n) is 0.711. The predicted molar refractivity (Wildman–Crippen MR) is 31.0 cm³/mol. The average molecular weight is 129 g/mol. The van der Waals surface area contributed by atoms with Crippen LogP contribution in [0.25, 0.3) is 0 Å². The van der Waals surface area contributed by atoms with Gasteiger partial charge in [-0.05, 0) is 0 Å². The van der Waals surface area contributed by atoms with E-state index in [2.05, 4.69) is 5.73 Å². The van der Waals surface area contributed by atoms with Crippen LogP contribution in [-0.2, 0) is 9.59 Å². The number of hydrogen-bond acceptors (Lipinski definition) is 4. The van der Waals surface area contributed by atoms with Crippen LogP contribution in [0.5, 0.6) is 0 Å². The number of amides is 1.